The van der Waals surface area contributed by atoms with Gasteiger partial charge < -0.3 is 19.4 Å². The first-order chi connectivity index (χ1) is 13.8. The molecule has 1 amide bonds. The van der Waals surface area contributed by atoms with Gasteiger partial charge in [0.1, 0.15) is 11.3 Å². The van der Waals surface area contributed by atoms with Crippen LogP contribution in [0.1, 0.15) is 18.2 Å². The second kappa shape index (κ2) is 7.31. The van der Waals surface area contributed by atoms with E-state index >= 15 is 0 Å². The highest BCUT2D eigenvalue weighted by atomic mass is 19.4. The van der Waals surface area contributed by atoms with Crippen molar-refractivity contribution < 1.29 is 27.4 Å². The number of rotatable bonds is 5. The van der Waals surface area contributed by atoms with Crippen molar-refractivity contribution >= 4 is 16.9 Å². The molecule has 2 aromatic heterocycles. The van der Waals surface area contributed by atoms with E-state index in [0.29, 0.717) is 16.9 Å². The van der Waals surface area contributed by atoms with Crippen LogP contribution in [0.5, 0.6) is 11.5 Å². The lowest BCUT2D eigenvalue weighted by Crippen LogP contribution is -2.37. The zero-order valence-electron chi connectivity index (χ0n) is 15.5. The zero-order valence-corrected chi connectivity index (χ0v) is 15.5. The third-order valence-corrected chi connectivity index (χ3v) is 4.61. The molecule has 0 bridgehead atoms. The number of hydrogen-bond donors (Lipinski definition) is 1. The van der Waals surface area contributed by atoms with Crippen LogP contribution < -0.4 is 14.8 Å². The van der Waals surface area contributed by atoms with Crippen LogP contribution in [0.2, 0.25) is 0 Å². The van der Waals surface area contributed by atoms with Crippen LogP contribution in [0.4, 0.5) is 13.2 Å². The predicted octanol–water partition coefficient (Wildman–Crippen LogP) is 3.53. The average Bonchev–Trinajstić information content (AvgIpc) is 3.25. The molecule has 0 aliphatic carbocycles. The number of alkyl halides is 3. The maximum atomic E-state index is 13.4. The van der Waals surface area contributed by atoms with Crippen LogP contribution in [-0.2, 0) is 23.9 Å². The lowest BCUT2D eigenvalue weighted by molar-refractivity contribution is -0.143. The van der Waals surface area contributed by atoms with Gasteiger partial charge in [-0.15, -0.1) is 0 Å². The molecule has 1 N–H and O–H groups in total. The number of aromatic nitrogens is 2. The Morgan fingerprint density at radius 1 is 1.24 bits per heavy atom. The number of benzene rings is 1. The summed E-state index contributed by atoms with van der Waals surface area (Å²) in [7, 11) is 0. The van der Waals surface area contributed by atoms with Crippen molar-refractivity contribution in [3.05, 3.63) is 53.9 Å². The number of halogens is 3. The van der Waals surface area contributed by atoms with Gasteiger partial charge in [-0.2, -0.15) is 13.2 Å². The number of carbonyl (C=O) groups excluding carboxylic acids is 1. The summed E-state index contributed by atoms with van der Waals surface area (Å²) in [6.45, 7) is 1.75. The quantitative estimate of drug-likeness (QED) is 0.705. The van der Waals surface area contributed by atoms with Gasteiger partial charge in [-0.25, -0.2) is 4.98 Å². The van der Waals surface area contributed by atoms with E-state index in [2.05, 4.69) is 10.3 Å². The summed E-state index contributed by atoms with van der Waals surface area (Å²) in [6.07, 6.45) is -2.99. The molecule has 0 fully saturated rings. The summed E-state index contributed by atoms with van der Waals surface area (Å²) in [5.41, 5.74) is 0.169. The molecule has 0 saturated heterocycles. The first-order valence-electron chi connectivity index (χ1n) is 9.00. The lowest BCUT2D eigenvalue weighted by Gasteiger charge is -2.18. The normalized spacial score (nSPS) is 14.2. The predicted molar refractivity (Wildman–Crippen MR) is 98.6 cm³/mol. The summed E-state index contributed by atoms with van der Waals surface area (Å²) in [5.74, 6) is 0.895. The van der Waals surface area contributed by atoms with Gasteiger partial charge in [0.2, 0.25) is 12.7 Å². The Labute approximate surface area is 164 Å². The fourth-order valence-corrected chi connectivity index (χ4v) is 3.39. The van der Waals surface area contributed by atoms with Gasteiger partial charge in [0, 0.05) is 24.2 Å². The molecule has 1 aliphatic rings. The Hall–Kier alpha value is -3.23. The molecule has 4 rings (SSSR count). The van der Waals surface area contributed by atoms with Gasteiger partial charge in [0.15, 0.2) is 11.5 Å². The molecule has 29 heavy (non-hydrogen) atoms. The van der Waals surface area contributed by atoms with Gasteiger partial charge in [-0.05, 0) is 42.8 Å². The molecule has 0 unspecified atom stereocenters. The highest BCUT2D eigenvalue weighted by Crippen LogP contribution is 2.34. The molecule has 9 heteroatoms. The van der Waals surface area contributed by atoms with Gasteiger partial charge in [0.25, 0.3) is 0 Å². The number of carbonyl (C=O) groups is 1. The molecule has 1 atom stereocenters. The van der Waals surface area contributed by atoms with Gasteiger partial charge in [-0.1, -0.05) is 6.07 Å². The number of nitrogens with zero attached hydrogens (tertiary/aromatic N) is 2. The van der Waals surface area contributed by atoms with Gasteiger partial charge in [0.05, 0.1) is 6.42 Å². The van der Waals surface area contributed by atoms with Crippen LogP contribution in [-0.4, -0.2) is 28.3 Å². The Bertz CT molecular complexity index is 1060. The van der Waals surface area contributed by atoms with Crippen molar-refractivity contribution in [3.63, 3.8) is 0 Å². The molecule has 152 valence electrons. The average molecular weight is 405 g/mol. The highest BCUT2D eigenvalue weighted by Gasteiger charge is 2.36. The first-order valence-corrected chi connectivity index (χ1v) is 9.00. The van der Waals surface area contributed by atoms with Gasteiger partial charge >= 0.3 is 6.18 Å². The minimum atomic E-state index is -4.52. The molecule has 6 nitrogen and oxygen atoms in total. The molecule has 0 saturated carbocycles. The maximum absolute atomic E-state index is 13.4. The van der Waals surface area contributed by atoms with Crippen molar-refractivity contribution in [1.29, 1.82) is 0 Å². The summed E-state index contributed by atoms with van der Waals surface area (Å²) in [5, 5.41) is 3.15. The second-order valence-electron chi connectivity index (χ2n) is 6.89. The minimum absolute atomic E-state index is 0.0533. The Balaban J connectivity index is 1.47. The number of pyridine rings is 1. The molecular formula is C20H18F3N3O3. The Morgan fingerprint density at radius 3 is 2.83 bits per heavy atom. The molecule has 1 aromatic carbocycles. The van der Waals surface area contributed by atoms with E-state index in [-0.39, 0.29) is 31.3 Å². The van der Waals surface area contributed by atoms with Crippen molar-refractivity contribution in [1.82, 2.24) is 14.9 Å². The van der Waals surface area contributed by atoms with E-state index in [1.807, 2.05) is 0 Å². The molecule has 3 aromatic rings. The van der Waals surface area contributed by atoms with Crippen LogP contribution in [0.15, 0.2) is 42.6 Å². The molecule has 0 spiro atoms. The molecule has 1 aliphatic heterocycles. The highest BCUT2D eigenvalue weighted by molar-refractivity contribution is 5.79. The largest absolute Gasteiger partial charge is 0.454 e. The third-order valence-electron chi connectivity index (χ3n) is 4.61. The number of fused-ring (bicyclic) bond motifs is 2. The summed E-state index contributed by atoms with van der Waals surface area (Å²) in [6, 6.07) is 8.90. The van der Waals surface area contributed by atoms with E-state index in [0.717, 1.165) is 16.2 Å². The summed E-state index contributed by atoms with van der Waals surface area (Å²) < 4.78 is 51.9. The van der Waals surface area contributed by atoms with Crippen molar-refractivity contribution in [3.8, 4) is 11.5 Å². The van der Waals surface area contributed by atoms with E-state index in [4.69, 9.17) is 9.47 Å². The maximum Gasteiger partial charge on any atom is 0.431 e. The molecule has 0 radical (unpaired) electrons. The fourth-order valence-electron chi connectivity index (χ4n) is 3.39. The fraction of sp³-hybridized carbons (Fsp3) is 0.300. The third kappa shape index (κ3) is 3.98. The topological polar surface area (TPSA) is 65.4 Å². The number of hydrogen-bond acceptors (Lipinski definition) is 4. The monoisotopic (exact) mass is 405 g/mol. The second-order valence-corrected chi connectivity index (χ2v) is 6.89. The standard InChI is InChI=1S/C20H18F3N3O3/c1-12(25-18(27)8-13-4-5-15-16(7-13)29-11-28-15)10-26-17(20(21,22)23)9-14-3-2-6-24-19(14)26/h2-7,9,12H,8,10-11H2,1H3,(H,25,27)/t12-/m1/s1. The van der Waals surface area contributed by atoms with E-state index < -0.39 is 17.9 Å². The smallest absolute Gasteiger partial charge is 0.431 e. The van der Waals surface area contributed by atoms with Crippen LogP contribution in [0, 0.1) is 0 Å². The number of amides is 1. The van der Waals surface area contributed by atoms with Crippen LogP contribution >= 0.6 is 0 Å². The van der Waals surface area contributed by atoms with Crippen molar-refractivity contribution in [2.75, 3.05) is 6.79 Å². The first kappa shape index (κ1) is 19.1. The molecular weight excluding hydrogens is 387 g/mol. The number of ether oxygens (including phenoxy) is 2. The SMILES string of the molecule is C[C@H](Cn1c(C(F)(F)F)cc2cccnc21)NC(=O)Cc1ccc2c(c1)OCO2. The van der Waals surface area contributed by atoms with Gasteiger partial charge in [-0.3, -0.25) is 4.79 Å². The number of nitrogens with one attached hydrogen (secondary N) is 1. The Morgan fingerprint density at radius 2 is 2.03 bits per heavy atom. The van der Waals surface area contributed by atoms with Crippen molar-refractivity contribution in [2.24, 2.45) is 0 Å². The summed E-state index contributed by atoms with van der Waals surface area (Å²) in [4.78, 5) is 16.4. The molecule has 3 heterocycles. The minimum Gasteiger partial charge on any atom is -0.454 e. The van der Waals surface area contributed by atoms with Crippen LogP contribution in [0.3, 0.4) is 0 Å². The zero-order chi connectivity index (χ0) is 20.6. The van der Waals surface area contributed by atoms with E-state index in [9.17, 15) is 18.0 Å². The lowest BCUT2D eigenvalue weighted by atomic mass is 10.1. The summed E-state index contributed by atoms with van der Waals surface area (Å²) >= 11 is 0. The van der Waals surface area contributed by atoms with E-state index in [1.54, 1.807) is 37.3 Å². The van der Waals surface area contributed by atoms with E-state index in [1.165, 1.54) is 6.20 Å². The van der Waals surface area contributed by atoms with Crippen LogP contribution in [0.25, 0.3) is 11.0 Å². The Kier molecular flexibility index (Phi) is 4.81. The van der Waals surface area contributed by atoms with Crippen molar-refractivity contribution in [2.45, 2.75) is 32.1 Å².